The van der Waals surface area contributed by atoms with E-state index >= 15 is 0 Å². The Hall–Kier alpha value is -3.53. The molecule has 1 aromatic heterocycles. The van der Waals surface area contributed by atoms with Crippen molar-refractivity contribution in [1.82, 2.24) is 15.2 Å². The number of likely N-dealkylation sites (tertiary alicyclic amines) is 1. The second-order valence-corrected chi connectivity index (χ2v) is 12.0. The first kappa shape index (κ1) is 33.4. The molecule has 238 valence electrons. The van der Waals surface area contributed by atoms with Gasteiger partial charge in [0.05, 0.1) is 30.6 Å². The number of aryl methyl sites for hydroxylation is 1. The molecule has 0 aliphatic carbocycles. The molecule has 2 fully saturated rings. The zero-order valence-electron chi connectivity index (χ0n) is 25.7. The highest BCUT2D eigenvalue weighted by Gasteiger charge is 2.34. The molecule has 2 aromatic carbocycles. The number of nitrogens with zero attached hydrogens (tertiary/aromatic N) is 2. The van der Waals surface area contributed by atoms with Crippen molar-refractivity contribution in [2.45, 2.75) is 57.5 Å². The van der Waals surface area contributed by atoms with Gasteiger partial charge in [-0.25, -0.2) is 0 Å². The van der Waals surface area contributed by atoms with Gasteiger partial charge in [0.15, 0.2) is 0 Å². The predicted molar refractivity (Wildman–Crippen MR) is 171 cm³/mol. The van der Waals surface area contributed by atoms with Gasteiger partial charge in [0.25, 0.3) is 0 Å². The third-order valence-corrected chi connectivity index (χ3v) is 8.99. The lowest BCUT2D eigenvalue weighted by Crippen LogP contribution is -2.44. The van der Waals surface area contributed by atoms with E-state index in [1.54, 1.807) is 13.3 Å². The minimum Gasteiger partial charge on any atom is -0.497 e. The number of hydrogen-bond acceptors (Lipinski definition) is 7. The molecular formula is C35H47N3O6. The van der Waals surface area contributed by atoms with Crippen LogP contribution >= 0.6 is 0 Å². The first-order chi connectivity index (χ1) is 21.4. The van der Waals surface area contributed by atoms with Gasteiger partial charge in [-0.1, -0.05) is 30.3 Å². The maximum atomic E-state index is 12.1. The third-order valence-electron chi connectivity index (χ3n) is 8.99. The van der Waals surface area contributed by atoms with Gasteiger partial charge in [-0.15, -0.1) is 0 Å². The van der Waals surface area contributed by atoms with Gasteiger partial charge in [-0.05, 0) is 112 Å². The Morgan fingerprint density at radius 2 is 1.89 bits per heavy atom. The number of aliphatic hydroxyl groups is 1. The molecule has 0 saturated carbocycles. The number of carbonyl (C=O) groups is 2. The highest BCUT2D eigenvalue weighted by molar-refractivity contribution is 5.83. The Bertz CT molecular complexity index is 1330. The maximum absolute atomic E-state index is 12.1. The van der Waals surface area contributed by atoms with Crippen molar-refractivity contribution >= 4 is 22.8 Å². The van der Waals surface area contributed by atoms with E-state index in [0.29, 0.717) is 25.9 Å². The average molecular weight is 606 g/mol. The van der Waals surface area contributed by atoms with Gasteiger partial charge in [0.2, 0.25) is 0 Å². The Morgan fingerprint density at radius 3 is 2.57 bits per heavy atom. The summed E-state index contributed by atoms with van der Waals surface area (Å²) in [6, 6.07) is 18.0. The summed E-state index contributed by atoms with van der Waals surface area (Å²) in [6.07, 6.45) is 8.19. The van der Waals surface area contributed by atoms with Gasteiger partial charge in [-0.2, -0.15) is 0 Å². The molecule has 3 heterocycles. The molecule has 4 N–H and O–H groups in total. The topological polar surface area (TPSA) is 132 Å². The number of aromatic nitrogens is 1. The van der Waals surface area contributed by atoms with E-state index in [2.05, 4.69) is 39.5 Å². The van der Waals surface area contributed by atoms with Gasteiger partial charge in [0.1, 0.15) is 5.75 Å². The first-order valence-corrected chi connectivity index (χ1v) is 15.9. The summed E-state index contributed by atoms with van der Waals surface area (Å²) >= 11 is 0. The Morgan fingerprint density at radius 1 is 1.07 bits per heavy atom. The monoisotopic (exact) mass is 605 g/mol. The Kier molecular flexibility index (Phi) is 13.0. The number of ether oxygens (including phenoxy) is 1. The van der Waals surface area contributed by atoms with Gasteiger partial charge >= 0.3 is 11.9 Å². The molecule has 0 amide bonds. The van der Waals surface area contributed by atoms with E-state index in [0.717, 1.165) is 80.4 Å². The van der Waals surface area contributed by atoms with E-state index in [1.165, 1.54) is 5.56 Å². The predicted octanol–water partition coefficient (Wildman–Crippen LogP) is 5.17. The zero-order valence-corrected chi connectivity index (χ0v) is 25.7. The summed E-state index contributed by atoms with van der Waals surface area (Å²) in [5.74, 6) is -1.12. The summed E-state index contributed by atoms with van der Waals surface area (Å²) in [5.41, 5.74) is 2.98. The fraction of sp³-hybridized carbons (Fsp3) is 0.514. The van der Waals surface area contributed by atoms with Crippen LogP contribution in [-0.2, 0) is 16.0 Å². The number of methoxy groups -OCH3 is 1. The Balaban J connectivity index is 0.000000421. The normalized spacial score (nSPS) is 21.2. The summed E-state index contributed by atoms with van der Waals surface area (Å²) in [5, 5.41) is 33.3. The first-order valence-electron chi connectivity index (χ1n) is 15.9. The fourth-order valence-electron chi connectivity index (χ4n) is 6.36. The van der Waals surface area contributed by atoms with Crippen LogP contribution in [-0.4, -0.2) is 77.0 Å². The average Bonchev–Trinajstić information content (AvgIpc) is 3.06. The number of nitrogens with one attached hydrogen (secondary N) is 1. The van der Waals surface area contributed by atoms with Crippen LogP contribution in [0.3, 0.4) is 0 Å². The van der Waals surface area contributed by atoms with Gasteiger partial charge in [0, 0.05) is 24.7 Å². The SMILES string of the molecule is COc1ccc2nccc(C(O)CC[C@@H]3CCN(CCCCc4ccccc4)C[C@@H]3C(=O)O)c2c1.O=C(O)C1CCCNC1. The van der Waals surface area contributed by atoms with E-state index in [1.807, 2.05) is 30.3 Å². The number of hydrogen-bond donors (Lipinski definition) is 4. The fourth-order valence-corrected chi connectivity index (χ4v) is 6.36. The quantitative estimate of drug-likeness (QED) is 0.206. The van der Waals surface area contributed by atoms with Crippen LogP contribution in [0.4, 0.5) is 0 Å². The minimum atomic E-state index is -0.724. The molecule has 44 heavy (non-hydrogen) atoms. The van der Waals surface area contributed by atoms with Crippen molar-refractivity contribution in [3.63, 3.8) is 0 Å². The lowest BCUT2D eigenvalue weighted by molar-refractivity contribution is -0.146. The molecule has 0 spiro atoms. The van der Waals surface area contributed by atoms with E-state index < -0.39 is 18.0 Å². The number of carboxylic acid groups (broad SMARTS) is 2. The molecule has 2 saturated heterocycles. The van der Waals surface area contributed by atoms with Crippen molar-refractivity contribution in [3.05, 3.63) is 71.9 Å². The number of aliphatic hydroxyl groups excluding tert-OH is 1. The van der Waals surface area contributed by atoms with Crippen LogP contribution in [0.5, 0.6) is 5.75 Å². The highest BCUT2D eigenvalue weighted by atomic mass is 16.5. The van der Waals surface area contributed by atoms with E-state index in [-0.39, 0.29) is 17.8 Å². The van der Waals surface area contributed by atoms with Crippen molar-refractivity contribution in [2.75, 3.05) is 39.8 Å². The van der Waals surface area contributed by atoms with Crippen molar-refractivity contribution < 1.29 is 29.6 Å². The van der Waals surface area contributed by atoms with Gasteiger partial charge < -0.3 is 30.3 Å². The smallest absolute Gasteiger partial charge is 0.308 e. The molecule has 5 rings (SSSR count). The lowest BCUT2D eigenvalue weighted by Gasteiger charge is -2.37. The number of carboxylic acids is 2. The molecular weight excluding hydrogens is 558 g/mol. The number of pyridine rings is 1. The van der Waals surface area contributed by atoms with Crippen molar-refractivity contribution in [2.24, 2.45) is 17.8 Å². The lowest BCUT2D eigenvalue weighted by atomic mass is 9.81. The molecule has 9 heteroatoms. The van der Waals surface area contributed by atoms with Crippen LogP contribution in [0.25, 0.3) is 10.9 Å². The van der Waals surface area contributed by atoms with Crippen LogP contribution in [0.2, 0.25) is 0 Å². The van der Waals surface area contributed by atoms with Crippen molar-refractivity contribution in [3.8, 4) is 5.75 Å². The molecule has 3 aromatic rings. The minimum absolute atomic E-state index is 0.0744. The Labute approximate surface area is 260 Å². The van der Waals surface area contributed by atoms with Crippen LogP contribution in [0.15, 0.2) is 60.8 Å². The second kappa shape index (κ2) is 17.1. The molecule has 9 nitrogen and oxygen atoms in total. The third kappa shape index (κ3) is 9.74. The van der Waals surface area contributed by atoms with Crippen molar-refractivity contribution in [1.29, 1.82) is 0 Å². The summed E-state index contributed by atoms with van der Waals surface area (Å²) in [7, 11) is 1.62. The summed E-state index contributed by atoms with van der Waals surface area (Å²) < 4.78 is 5.34. The number of rotatable bonds is 12. The number of aliphatic carboxylic acids is 2. The van der Waals surface area contributed by atoms with Gasteiger partial charge in [-0.3, -0.25) is 14.6 Å². The molecule has 2 aliphatic rings. The molecule has 4 atom stereocenters. The standard InChI is InChI=1S/C29H36N2O4.C6H11NO2/c1-35-23-11-12-27-25(19-23)24(14-16-30-27)28(32)13-10-22-15-18-31(20-26(22)29(33)34)17-6-5-9-21-7-3-2-4-8-21;8-6(9)5-2-1-3-7-4-5/h2-4,7-8,11-12,14,16,19,22,26,28,32H,5-6,9-10,13,15,17-18,20H2,1H3,(H,33,34);5,7H,1-4H2,(H,8,9)/t22-,26+,28?;/m1./s1. The van der Waals surface area contributed by atoms with Crippen LogP contribution in [0.1, 0.15) is 62.2 Å². The summed E-state index contributed by atoms with van der Waals surface area (Å²) in [4.78, 5) is 29.1. The number of unbranched alkanes of at least 4 members (excludes halogenated alkanes) is 1. The summed E-state index contributed by atoms with van der Waals surface area (Å²) in [6.45, 7) is 4.08. The van der Waals surface area contributed by atoms with E-state index in [4.69, 9.17) is 9.84 Å². The number of benzene rings is 2. The highest BCUT2D eigenvalue weighted by Crippen LogP contribution is 2.34. The van der Waals surface area contributed by atoms with Crippen LogP contribution in [0, 0.1) is 17.8 Å². The zero-order chi connectivity index (χ0) is 31.3. The molecule has 0 radical (unpaired) electrons. The maximum Gasteiger partial charge on any atom is 0.308 e. The molecule has 0 bridgehead atoms. The van der Waals surface area contributed by atoms with E-state index in [9.17, 15) is 19.8 Å². The number of fused-ring (bicyclic) bond motifs is 1. The van der Waals surface area contributed by atoms with Crippen LogP contribution < -0.4 is 10.1 Å². The molecule has 2 unspecified atom stereocenters. The molecule has 2 aliphatic heterocycles. The second-order valence-electron chi connectivity index (χ2n) is 12.0. The number of piperidine rings is 2. The largest absolute Gasteiger partial charge is 0.497 e.